The Balaban J connectivity index is 2.06. The van der Waals surface area contributed by atoms with E-state index in [0.29, 0.717) is 0 Å². The molecule has 0 bridgehead atoms. The molecule has 1 aliphatic rings. The van der Waals surface area contributed by atoms with E-state index in [4.69, 9.17) is 9.15 Å². The van der Waals surface area contributed by atoms with Crippen LogP contribution in [0, 0.1) is 0 Å². The molecule has 4 nitrogen and oxygen atoms in total. The predicted molar refractivity (Wildman–Crippen MR) is 68.3 cm³/mol. The van der Waals surface area contributed by atoms with Gasteiger partial charge in [0.1, 0.15) is 0 Å². The summed E-state index contributed by atoms with van der Waals surface area (Å²) in [7, 11) is 1.94. The number of oxazole rings is 1. The molecule has 0 saturated heterocycles. The highest BCUT2D eigenvalue weighted by molar-refractivity contribution is 5.64. The molecule has 0 aliphatic carbocycles. The third kappa shape index (κ3) is 1.94. The molecule has 1 aromatic heterocycles. The second-order valence-electron chi connectivity index (χ2n) is 4.41. The lowest BCUT2D eigenvalue weighted by Crippen LogP contribution is -2.25. The van der Waals surface area contributed by atoms with E-state index in [0.717, 1.165) is 30.9 Å². The number of nitrogens with zero attached hydrogens (tertiary/aromatic N) is 1. The molecule has 1 aliphatic heterocycles. The van der Waals surface area contributed by atoms with Gasteiger partial charge < -0.3 is 14.5 Å². The fourth-order valence-corrected chi connectivity index (χ4v) is 2.51. The largest absolute Gasteiger partial charge is 0.444 e. The Morgan fingerprint density at radius 2 is 2.39 bits per heavy atom. The van der Waals surface area contributed by atoms with E-state index in [1.807, 2.05) is 13.1 Å². The topological polar surface area (TPSA) is 47.3 Å². The van der Waals surface area contributed by atoms with E-state index >= 15 is 0 Å². The van der Waals surface area contributed by atoms with Gasteiger partial charge >= 0.3 is 0 Å². The highest BCUT2D eigenvalue weighted by atomic mass is 16.5. The minimum Gasteiger partial charge on any atom is -0.444 e. The van der Waals surface area contributed by atoms with Gasteiger partial charge in [0.2, 0.25) is 0 Å². The lowest BCUT2D eigenvalue weighted by molar-refractivity contribution is 0.0440. The van der Waals surface area contributed by atoms with E-state index in [2.05, 4.69) is 22.4 Å². The minimum atomic E-state index is 0.127. The maximum atomic E-state index is 5.81. The average Bonchev–Trinajstić information content (AvgIpc) is 2.93. The Labute approximate surface area is 106 Å². The van der Waals surface area contributed by atoms with Gasteiger partial charge in [-0.25, -0.2) is 4.98 Å². The van der Waals surface area contributed by atoms with Crippen LogP contribution in [0.25, 0.3) is 11.3 Å². The van der Waals surface area contributed by atoms with Crippen LogP contribution in [0.1, 0.15) is 17.2 Å². The van der Waals surface area contributed by atoms with Crippen molar-refractivity contribution in [1.29, 1.82) is 0 Å². The van der Waals surface area contributed by atoms with E-state index in [-0.39, 0.29) is 6.10 Å². The van der Waals surface area contributed by atoms with Crippen LogP contribution < -0.4 is 5.32 Å². The first-order chi connectivity index (χ1) is 8.90. The highest BCUT2D eigenvalue weighted by Crippen LogP contribution is 2.33. The van der Waals surface area contributed by atoms with Crippen molar-refractivity contribution < 1.29 is 9.15 Å². The molecule has 94 valence electrons. The van der Waals surface area contributed by atoms with Crippen molar-refractivity contribution in [3.05, 3.63) is 41.9 Å². The van der Waals surface area contributed by atoms with Gasteiger partial charge in [-0.05, 0) is 24.6 Å². The SMILES string of the molecule is CNC[C@H]1OCCc2c(-c3cnco3)cccc21. The lowest BCUT2D eigenvalue weighted by Gasteiger charge is -2.27. The first-order valence-corrected chi connectivity index (χ1v) is 6.17. The van der Waals surface area contributed by atoms with E-state index in [9.17, 15) is 0 Å². The van der Waals surface area contributed by atoms with Gasteiger partial charge in [-0.1, -0.05) is 18.2 Å². The van der Waals surface area contributed by atoms with Crippen molar-refractivity contribution in [2.45, 2.75) is 12.5 Å². The quantitative estimate of drug-likeness (QED) is 0.899. The number of benzene rings is 1. The fraction of sp³-hybridized carbons (Fsp3) is 0.357. The van der Waals surface area contributed by atoms with Crippen molar-refractivity contribution in [3.63, 3.8) is 0 Å². The monoisotopic (exact) mass is 244 g/mol. The number of nitrogens with one attached hydrogen (secondary N) is 1. The molecule has 1 atom stereocenters. The summed E-state index contributed by atoms with van der Waals surface area (Å²) in [6, 6.07) is 6.27. The third-order valence-electron chi connectivity index (χ3n) is 3.32. The molecular weight excluding hydrogens is 228 g/mol. The summed E-state index contributed by atoms with van der Waals surface area (Å²) >= 11 is 0. The lowest BCUT2D eigenvalue weighted by atomic mass is 9.92. The summed E-state index contributed by atoms with van der Waals surface area (Å²) in [6.07, 6.45) is 4.28. The minimum absolute atomic E-state index is 0.127. The summed E-state index contributed by atoms with van der Waals surface area (Å²) in [5, 5.41) is 3.17. The summed E-state index contributed by atoms with van der Waals surface area (Å²) in [5.74, 6) is 0.831. The number of rotatable bonds is 3. The van der Waals surface area contributed by atoms with Gasteiger partial charge in [0.25, 0.3) is 0 Å². The number of ether oxygens (including phenoxy) is 1. The van der Waals surface area contributed by atoms with Crippen molar-refractivity contribution in [2.75, 3.05) is 20.2 Å². The molecular formula is C14H16N2O2. The molecule has 0 amide bonds. The van der Waals surface area contributed by atoms with Crippen LogP contribution >= 0.6 is 0 Å². The van der Waals surface area contributed by atoms with Crippen LogP contribution in [0.2, 0.25) is 0 Å². The summed E-state index contributed by atoms with van der Waals surface area (Å²) < 4.78 is 11.2. The van der Waals surface area contributed by atoms with Crippen molar-refractivity contribution in [3.8, 4) is 11.3 Å². The molecule has 0 unspecified atom stereocenters. The Hall–Kier alpha value is -1.65. The van der Waals surface area contributed by atoms with Crippen LogP contribution in [0.3, 0.4) is 0 Å². The molecule has 1 N–H and O–H groups in total. The van der Waals surface area contributed by atoms with Gasteiger partial charge in [0.15, 0.2) is 12.2 Å². The number of fused-ring (bicyclic) bond motifs is 1. The van der Waals surface area contributed by atoms with Crippen LogP contribution in [0.15, 0.2) is 35.2 Å². The van der Waals surface area contributed by atoms with Crippen molar-refractivity contribution in [2.24, 2.45) is 0 Å². The molecule has 2 aromatic rings. The summed E-state index contributed by atoms with van der Waals surface area (Å²) in [6.45, 7) is 1.58. The van der Waals surface area contributed by atoms with Crippen LogP contribution in [0.4, 0.5) is 0 Å². The molecule has 0 fully saturated rings. The molecule has 2 heterocycles. The first kappa shape index (κ1) is 11.4. The molecule has 18 heavy (non-hydrogen) atoms. The van der Waals surface area contributed by atoms with Gasteiger partial charge in [0.05, 0.1) is 18.9 Å². The molecule has 0 saturated carbocycles. The molecule has 0 spiro atoms. The van der Waals surface area contributed by atoms with Gasteiger partial charge in [-0.2, -0.15) is 0 Å². The van der Waals surface area contributed by atoms with E-state index in [1.54, 1.807) is 6.20 Å². The van der Waals surface area contributed by atoms with Crippen LogP contribution in [-0.4, -0.2) is 25.2 Å². The van der Waals surface area contributed by atoms with Gasteiger partial charge in [-0.3, -0.25) is 0 Å². The molecule has 0 radical (unpaired) electrons. The Bertz CT molecular complexity index is 523. The standard InChI is InChI=1S/C14H16N2O2/c1-15-7-13-11-3-2-4-12(10(11)5-6-17-13)14-8-16-9-18-14/h2-4,8-9,13,15H,5-7H2,1H3/t13-/m1/s1. The second kappa shape index (κ2) is 4.92. The Morgan fingerprint density at radius 3 is 3.17 bits per heavy atom. The van der Waals surface area contributed by atoms with Crippen LogP contribution in [0.5, 0.6) is 0 Å². The predicted octanol–water partition coefficient (Wildman–Crippen LogP) is 2.17. The average molecular weight is 244 g/mol. The van der Waals surface area contributed by atoms with E-state index < -0.39 is 0 Å². The first-order valence-electron chi connectivity index (χ1n) is 6.17. The maximum Gasteiger partial charge on any atom is 0.181 e. The highest BCUT2D eigenvalue weighted by Gasteiger charge is 2.23. The van der Waals surface area contributed by atoms with E-state index in [1.165, 1.54) is 17.5 Å². The zero-order chi connectivity index (χ0) is 12.4. The van der Waals surface area contributed by atoms with Gasteiger partial charge in [0, 0.05) is 12.1 Å². The molecule has 4 heteroatoms. The summed E-state index contributed by atoms with van der Waals surface area (Å²) in [5.41, 5.74) is 3.71. The van der Waals surface area contributed by atoms with Crippen LogP contribution in [-0.2, 0) is 11.2 Å². The van der Waals surface area contributed by atoms with Gasteiger partial charge in [-0.15, -0.1) is 0 Å². The fourth-order valence-electron chi connectivity index (χ4n) is 2.51. The molecule has 1 aromatic carbocycles. The van der Waals surface area contributed by atoms with Crippen molar-refractivity contribution >= 4 is 0 Å². The smallest absolute Gasteiger partial charge is 0.181 e. The normalized spacial score (nSPS) is 18.6. The third-order valence-corrected chi connectivity index (χ3v) is 3.32. The summed E-state index contributed by atoms with van der Waals surface area (Å²) in [4.78, 5) is 3.99. The number of hydrogen-bond acceptors (Lipinski definition) is 4. The number of aromatic nitrogens is 1. The van der Waals surface area contributed by atoms with Crippen molar-refractivity contribution in [1.82, 2.24) is 10.3 Å². The zero-order valence-corrected chi connectivity index (χ0v) is 10.3. The second-order valence-corrected chi connectivity index (χ2v) is 4.41. The maximum absolute atomic E-state index is 5.81. The Morgan fingerprint density at radius 1 is 1.44 bits per heavy atom. The Kier molecular flexibility index (Phi) is 3.13. The molecule has 3 rings (SSSR count). The number of likely N-dealkylation sites (N-methyl/N-ethyl adjacent to an activating group) is 1. The number of hydrogen-bond donors (Lipinski definition) is 1. The zero-order valence-electron chi connectivity index (χ0n) is 10.3.